The summed E-state index contributed by atoms with van der Waals surface area (Å²) in [5, 5.41) is 8.33. The second-order valence-corrected chi connectivity index (χ2v) is 2.31. The Kier molecular flexibility index (Phi) is 8.58. The van der Waals surface area contributed by atoms with Gasteiger partial charge in [-0.3, -0.25) is 0 Å². The first-order valence-corrected chi connectivity index (χ1v) is 3.73. The molecule has 0 radical (unpaired) electrons. The summed E-state index contributed by atoms with van der Waals surface area (Å²) in [7, 11) is 1.15. The van der Waals surface area contributed by atoms with Crippen LogP contribution in [0.5, 0.6) is 0 Å². The summed E-state index contributed by atoms with van der Waals surface area (Å²) in [5.74, 6) is 0. The van der Waals surface area contributed by atoms with Crippen LogP contribution in [0.2, 0.25) is 0 Å². The fraction of sp³-hybridized carbons (Fsp3) is 0.714. The van der Waals surface area contributed by atoms with E-state index in [1.807, 2.05) is 6.92 Å². The highest BCUT2D eigenvalue weighted by atomic mass is 35.5. The second-order valence-electron chi connectivity index (χ2n) is 2.31. The molecule has 78 valence electrons. The molecule has 0 unspecified atom stereocenters. The van der Waals surface area contributed by atoms with Crippen LogP contribution in [0.15, 0.2) is 0 Å². The lowest BCUT2D eigenvalue weighted by Gasteiger charge is -2.10. The van der Waals surface area contributed by atoms with Gasteiger partial charge in [-0.1, -0.05) is 13.3 Å². The Bertz CT molecular complexity index is 174. The summed E-state index contributed by atoms with van der Waals surface area (Å²) in [6.07, 6.45) is -0.476. The average molecular weight is 212 g/mol. The Morgan fingerprint density at radius 2 is 2.00 bits per heavy atom. The van der Waals surface area contributed by atoms with Gasteiger partial charge in [0, 0.05) is 7.05 Å². The quantitative estimate of drug-likeness (QED) is 0.725. The largest absolute Gasteiger partial charge is 0.465 e. The fourth-order valence-electron chi connectivity index (χ4n) is 0.479. The van der Waals surface area contributed by atoms with Crippen molar-refractivity contribution in [2.45, 2.75) is 19.8 Å². The number of amides is 2. The Hall–Kier alpha value is -0.970. The van der Waals surface area contributed by atoms with Gasteiger partial charge in [0.25, 0.3) is 0 Å². The maximum absolute atomic E-state index is 10.8. The lowest BCUT2D eigenvalue weighted by atomic mass is 10.4. The number of carbonyl (C=O) groups excluding carboxylic acids is 1. The minimum absolute atomic E-state index is 0. The smallest absolute Gasteiger partial charge is 0.419 e. The molecule has 6 heteroatoms. The van der Waals surface area contributed by atoms with Crippen LogP contribution in [-0.4, -0.2) is 35.8 Å². The van der Waals surface area contributed by atoms with Crippen molar-refractivity contribution < 1.29 is 19.4 Å². The third kappa shape index (κ3) is 6.21. The van der Waals surface area contributed by atoms with E-state index in [4.69, 9.17) is 5.11 Å². The molecule has 0 aromatic carbocycles. The summed E-state index contributed by atoms with van der Waals surface area (Å²) in [5.41, 5.74) is 0. The van der Waals surface area contributed by atoms with Crippen molar-refractivity contribution in [2.24, 2.45) is 0 Å². The van der Waals surface area contributed by atoms with Crippen molar-refractivity contribution in [3.8, 4) is 0 Å². The van der Waals surface area contributed by atoms with Gasteiger partial charge in [0.15, 0.2) is 0 Å². The third-order valence-corrected chi connectivity index (χ3v) is 1.28. The molecule has 0 rings (SSSR count). The lowest BCUT2D eigenvalue weighted by molar-refractivity contribution is 0.102. The highest BCUT2D eigenvalue weighted by Gasteiger charge is 2.15. The molecular formula is C7H14ClNO4. The molecule has 0 aromatic heterocycles. The number of unbranched alkanes of at least 4 members (excludes halogenated alkanes) is 1. The second kappa shape index (κ2) is 7.67. The number of ether oxygens (including phenoxy) is 1. The van der Waals surface area contributed by atoms with Crippen molar-refractivity contribution in [1.29, 1.82) is 0 Å². The molecular weight excluding hydrogens is 198 g/mol. The Morgan fingerprint density at radius 3 is 2.38 bits per heavy atom. The van der Waals surface area contributed by atoms with E-state index in [-0.39, 0.29) is 19.0 Å². The summed E-state index contributed by atoms with van der Waals surface area (Å²) in [4.78, 5) is 21.5. The van der Waals surface area contributed by atoms with Crippen LogP contribution in [0, 0.1) is 0 Å². The molecule has 0 aliphatic rings. The van der Waals surface area contributed by atoms with Gasteiger partial charge < -0.3 is 9.84 Å². The average Bonchev–Trinajstić information content (AvgIpc) is 2.03. The Labute approximate surface area is 83.1 Å². The van der Waals surface area contributed by atoms with Crippen LogP contribution >= 0.6 is 12.4 Å². The fourth-order valence-corrected chi connectivity index (χ4v) is 0.479. The summed E-state index contributed by atoms with van der Waals surface area (Å²) >= 11 is 0. The van der Waals surface area contributed by atoms with Gasteiger partial charge in [0.1, 0.15) is 0 Å². The first kappa shape index (κ1) is 14.5. The highest BCUT2D eigenvalue weighted by molar-refractivity contribution is 5.86. The number of halogens is 1. The predicted molar refractivity (Wildman–Crippen MR) is 49.3 cm³/mol. The van der Waals surface area contributed by atoms with E-state index in [1.165, 1.54) is 0 Å². The Balaban J connectivity index is 0. The van der Waals surface area contributed by atoms with Crippen LogP contribution in [0.3, 0.4) is 0 Å². The van der Waals surface area contributed by atoms with E-state index in [9.17, 15) is 9.59 Å². The number of carbonyl (C=O) groups is 2. The van der Waals surface area contributed by atoms with Gasteiger partial charge in [-0.05, 0) is 6.42 Å². The third-order valence-electron chi connectivity index (χ3n) is 1.28. The lowest BCUT2D eigenvalue weighted by Crippen LogP contribution is -2.32. The van der Waals surface area contributed by atoms with Gasteiger partial charge >= 0.3 is 12.2 Å². The van der Waals surface area contributed by atoms with Crippen LogP contribution in [0.1, 0.15) is 19.8 Å². The molecule has 0 saturated heterocycles. The molecule has 0 aliphatic carbocycles. The van der Waals surface area contributed by atoms with E-state index < -0.39 is 12.2 Å². The van der Waals surface area contributed by atoms with Gasteiger partial charge in [0.05, 0.1) is 6.61 Å². The van der Waals surface area contributed by atoms with Crippen molar-refractivity contribution in [1.82, 2.24) is 4.90 Å². The minimum atomic E-state index is -1.31. The number of hydrogen-bond donors (Lipinski definition) is 1. The van der Waals surface area contributed by atoms with E-state index in [0.717, 1.165) is 19.9 Å². The first-order chi connectivity index (χ1) is 5.59. The van der Waals surface area contributed by atoms with Crippen LogP contribution in [-0.2, 0) is 4.74 Å². The number of nitrogens with zero attached hydrogens (tertiary/aromatic N) is 1. The molecule has 13 heavy (non-hydrogen) atoms. The number of carboxylic acid groups (broad SMARTS) is 1. The van der Waals surface area contributed by atoms with Crippen LogP contribution < -0.4 is 0 Å². The Morgan fingerprint density at radius 1 is 1.46 bits per heavy atom. The molecule has 5 nitrogen and oxygen atoms in total. The zero-order chi connectivity index (χ0) is 9.56. The van der Waals surface area contributed by atoms with Gasteiger partial charge in [-0.25, -0.2) is 14.5 Å². The van der Waals surface area contributed by atoms with E-state index in [1.54, 1.807) is 0 Å². The summed E-state index contributed by atoms with van der Waals surface area (Å²) in [6, 6.07) is 0. The van der Waals surface area contributed by atoms with Crippen molar-refractivity contribution >= 4 is 24.6 Å². The number of hydrogen-bond acceptors (Lipinski definition) is 3. The molecule has 0 saturated carbocycles. The molecule has 0 bridgehead atoms. The SMILES string of the molecule is CCCCOC(=O)N(C)C(=O)O.Cl. The van der Waals surface area contributed by atoms with Crippen LogP contribution in [0.25, 0.3) is 0 Å². The van der Waals surface area contributed by atoms with E-state index in [2.05, 4.69) is 4.74 Å². The zero-order valence-corrected chi connectivity index (χ0v) is 8.47. The van der Waals surface area contributed by atoms with Crippen molar-refractivity contribution in [2.75, 3.05) is 13.7 Å². The summed E-state index contributed by atoms with van der Waals surface area (Å²) < 4.78 is 4.61. The van der Waals surface area contributed by atoms with Gasteiger partial charge in [0.2, 0.25) is 0 Å². The topological polar surface area (TPSA) is 66.8 Å². The molecule has 0 spiro atoms. The molecule has 0 fully saturated rings. The van der Waals surface area contributed by atoms with Crippen molar-refractivity contribution in [3.63, 3.8) is 0 Å². The molecule has 1 N–H and O–H groups in total. The number of rotatable bonds is 3. The predicted octanol–water partition coefficient (Wildman–Crippen LogP) is 1.95. The standard InChI is InChI=1S/C7H13NO4.ClH/c1-3-4-5-12-7(11)8(2)6(9)10;/h3-5H2,1-2H3,(H,9,10);1H. The van der Waals surface area contributed by atoms with Crippen molar-refractivity contribution in [3.05, 3.63) is 0 Å². The highest BCUT2D eigenvalue weighted by Crippen LogP contribution is 1.94. The normalized spacial score (nSPS) is 8.46. The zero-order valence-electron chi connectivity index (χ0n) is 7.65. The molecule has 0 aromatic rings. The molecule has 0 heterocycles. The maximum Gasteiger partial charge on any atom is 0.419 e. The first-order valence-electron chi connectivity index (χ1n) is 3.73. The molecule has 0 atom stereocenters. The van der Waals surface area contributed by atoms with E-state index >= 15 is 0 Å². The van der Waals surface area contributed by atoms with Gasteiger partial charge in [-0.15, -0.1) is 12.4 Å². The summed E-state index contributed by atoms with van der Waals surface area (Å²) in [6.45, 7) is 2.22. The monoisotopic (exact) mass is 211 g/mol. The maximum atomic E-state index is 10.8. The van der Waals surface area contributed by atoms with E-state index in [0.29, 0.717) is 4.90 Å². The minimum Gasteiger partial charge on any atom is -0.465 e. The van der Waals surface area contributed by atoms with Crippen LogP contribution in [0.4, 0.5) is 9.59 Å². The number of imide groups is 1. The molecule has 2 amide bonds. The molecule has 0 aliphatic heterocycles. The van der Waals surface area contributed by atoms with Gasteiger partial charge in [-0.2, -0.15) is 0 Å².